The van der Waals surface area contributed by atoms with Gasteiger partial charge in [-0.2, -0.15) is 4.98 Å². The summed E-state index contributed by atoms with van der Waals surface area (Å²) in [5.41, 5.74) is 0.811. The van der Waals surface area contributed by atoms with Crippen LogP contribution in [0.15, 0.2) is 35.2 Å². The van der Waals surface area contributed by atoms with Crippen LogP contribution in [0.3, 0.4) is 0 Å². The third kappa shape index (κ3) is 2.58. The third-order valence-electron chi connectivity index (χ3n) is 2.12. The fraction of sp³-hybridized carbons (Fsp3) is 0.273. The van der Waals surface area contributed by atoms with E-state index in [-0.39, 0.29) is 6.61 Å². The van der Waals surface area contributed by atoms with E-state index in [2.05, 4.69) is 14.7 Å². The summed E-state index contributed by atoms with van der Waals surface area (Å²) in [5, 5.41) is 13.0. The maximum atomic E-state index is 9.41. The summed E-state index contributed by atoms with van der Waals surface area (Å²) in [6.07, 6.45) is 0.749. The van der Waals surface area contributed by atoms with Crippen molar-refractivity contribution in [2.45, 2.75) is 19.6 Å². The maximum Gasteiger partial charge on any atom is 0.213 e. The monoisotopic (exact) mass is 220 g/mol. The van der Waals surface area contributed by atoms with Crippen LogP contribution in [0.25, 0.3) is 0 Å². The Balaban J connectivity index is 2.01. The van der Waals surface area contributed by atoms with E-state index in [9.17, 15) is 5.11 Å². The summed E-state index contributed by atoms with van der Waals surface area (Å²) in [4.78, 5) is 3.84. The second-order valence-electron chi connectivity index (χ2n) is 3.38. The van der Waals surface area contributed by atoms with E-state index in [0.29, 0.717) is 11.6 Å². The second-order valence-corrected chi connectivity index (χ2v) is 3.38. The molecular weight excluding hydrogens is 208 g/mol. The molecule has 5 nitrogen and oxygen atoms in total. The van der Waals surface area contributed by atoms with Gasteiger partial charge in [-0.1, -0.05) is 17.3 Å². The molecular formula is C11H12N2O3. The predicted octanol–water partition coefficient (Wildman–Crippen LogP) is 1.70. The summed E-state index contributed by atoms with van der Waals surface area (Å²) in [5.74, 6) is 1.16. The number of aliphatic hydroxyl groups excluding tert-OH is 1. The SMILES string of the molecule is C[C@H](O)c1cccc(OCc2ncon2)c1. The zero-order valence-corrected chi connectivity index (χ0v) is 8.83. The maximum absolute atomic E-state index is 9.41. The molecule has 0 aliphatic heterocycles. The Morgan fingerprint density at radius 1 is 1.50 bits per heavy atom. The molecule has 84 valence electrons. The quantitative estimate of drug-likeness (QED) is 0.849. The second kappa shape index (κ2) is 4.76. The van der Waals surface area contributed by atoms with Crippen molar-refractivity contribution in [2.24, 2.45) is 0 Å². The Labute approximate surface area is 92.7 Å². The van der Waals surface area contributed by atoms with Gasteiger partial charge in [-0.05, 0) is 24.6 Å². The van der Waals surface area contributed by atoms with E-state index in [1.165, 1.54) is 6.39 Å². The first-order valence-corrected chi connectivity index (χ1v) is 4.92. The molecule has 1 aromatic heterocycles. The molecule has 1 atom stereocenters. The number of benzene rings is 1. The summed E-state index contributed by atoms with van der Waals surface area (Å²) in [7, 11) is 0. The molecule has 16 heavy (non-hydrogen) atoms. The molecule has 1 heterocycles. The number of rotatable bonds is 4. The van der Waals surface area contributed by atoms with Crippen LogP contribution in [-0.2, 0) is 6.61 Å². The Bertz CT molecular complexity index is 440. The van der Waals surface area contributed by atoms with Crippen molar-refractivity contribution in [2.75, 3.05) is 0 Å². The molecule has 0 aliphatic carbocycles. The van der Waals surface area contributed by atoms with Crippen LogP contribution in [0.1, 0.15) is 24.4 Å². The molecule has 0 amide bonds. The molecule has 0 bridgehead atoms. The summed E-state index contributed by atoms with van der Waals surface area (Å²) in [6.45, 7) is 1.96. The van der Waals surface area contributed by atoms with Crippen LogP contribution in [0.4, 0.5) is 0 Å². The molecule has 5 heteroatoms. The largest absolute Gasteiger partial charge is 0.485 e. The average Bonchev–Trinajstić information content (AvgIpc) is 2.79. The lowest BCUT2D eigenvalue weighted by Crippen LogP contribution is -1.98. The number of nitrogens with zero attached hydrogens (tertiary/aromatic N) is 2. The average molecular weight is 220 g/mol. The fourth-order valence-corrected chi connectivity index (χ4v) is 1.27. The first kappa shape index (κ1) is 10.6. The lowest BCUT2D eigenvalue weighted by atomic mass is 10.1. The number of aromatic nitrogens is 2. The first-order valence-electron chi connectivity index (χ1n) is 4.92. The Hall–Kier alpha value is -1.88. The van der Waals surface area contributed by atoms with Crippen molar-refractivity contribution in [3.8, 4) is 5.75 Å². The summed E-state index contributed by atoms with van der Waals surface area (Å²) >= 11 is 0. The van der Waals surface area contributed by atoms with Gasteiger partial charge in [0.15, 0.2) is 6.61 Å². The summed E-state index contributed by atoms with van der Waals surface area (Å²) < 4.78 is 10.0. The number of hydrogen-bond acceptors (Lipinski definition) is 5. The highest BCUT2D eigenvalue weighted by Gasteiger charge is 2.03. The first-order chi connectivity index (χ1) is 7.75. The molecule has 0 aliphatic rings. The molecule has 1 N–H and O–H groups in total. The molecule has 0 radical (unpaired) electrons. The van der Waals surface area contributed by atoms with Gasteiger partial charge in [0, 0.05) is 0 Å². The number of ether oxygens (including phenoxy) is 1. The van der Waals surface area contributed by atoms with Gasteiger partial charge in [0.25, 0.3) is 0 Å². The smallest absolute Gasteiger partial charge is 0.213 e. The molecule has 2 aromatic rings. The van der Waals surface area contributed by atoms with E-state index in [4.69, 9.17) is 4.74 Å². The van der Waals surface area contributed by atoms with E-state index in [1.807, 2.05) is 18.2 Å². The van der Waals surface area contributed by atoms with Gasteiger partial charge in [0.05, 0.1) is 6.10 Å². The van der Waals surface area contributed by atoms with Crippen molar-refractivity contribution in [3.05, 3.63) is 42.0 Å². The summed E-state index contributed by atoms with van der Waals surface area (Å²) in [6, 6.07) is 7.26. The highest BCUT2D eigenvalue weighted by atomic mass is 16.5. The van der Waals surface area contributed by atoms with Gasteiger partial charge in [0.1, 0.15) is 5.75 Å². The zero-order valence-electron chi connectivity index (χ0n) is 8.83. The van der Waals surface area contributed by atoms with E-state index >= 15 is 0 Å². The zero-order chi connectivity index (χ0) is 11.4. The van der Waals surface area contributed by atoms with Crippen molar-refractivity contribution in [1.29, 1.82) is 0 Å². The topological polar surface area (TPSA) is 68.4 Å². The minimum atomic E-state index is -0.506. The van der Waals surface area contributed by atoms with Gasteiger partial charge in [-0.3, -0.25) is 0 Å². The van der Waals surface area contributed by atoms with Gasteiger partial charge in [-0.15, -0.1) is 0 Å². The van der Waals surface area contributed by atoms with E-state index in [0.717, 1.165) is 5.56 Å². The van der Waals surface area contributed by atoms with Crippen LogP contribution in [0.5, 0.6) is 5.75 Å². The normalized spacial score (nSPS) is 12.4. The highest BCUT2D eigenvalue weighted by molar-refractivity contribution is 5.29. The van der Waals surface area contributed by atoms with Gasteiger partial charge >= 0.3 is 0 Å². The standard InChI is InChI=1S/C11H12N2O3/c1-8(14)9-3-2-4-10(5-9)15-6-11-12-7-16-13-11/h2-5,7-8,14H,6H2,1H3/t8-/m0/s1. The molecule has 0 spiro atoms. The van der Waals surface area contributed by atoms with Gasteiger partial charge in [-0.25, -0.2) is 0 Å². The minimum Gasteiger partial charge on any atom is -0.485 e. The van der Waals surface area contributed by atoms with Crippen LogP contribution in [0.2, 0.25) is 0 Å². The van der Waals surface area contributed by atoms with Crippen molar-refractivity contribution < 1.29 is 14.4 Å². The van der Waals surface area contributed by atoms with Crippen LogP contribution >= 0.6 is 0 Å². The van der Waals surface area contributed by atoms with Crippen LogP contribution < -0.4 is 4.74 Å². The number of hydrogen-bond donors (Lipinski definition) is 1. The highest BCUT2D eigenvalue weighted by Crippen LogP contribution is 2.19. The van der Waals surface area contributed by atoms with Gasteiger partial charge < -0.3 is 14.4 Å². The van der Waals surface area contributed by atoms with E-state index < -0.39 is 6.10 Å². The van der Waals surface area contributed by atoms with Crippen molar-refractivity contribution >= 4 is 0 Å². The van der Waals surface area contributed by atoms with Crippen molar-refractivity contribution in [3.63, 3.8) is 0 Å². The van der Waals surface area contributed by atoms with Gasteiger partial charge in [0.2, 0.25) is 12.2 Å². The molecule has 0 fully saturated rings. The fourth-order valence-electron chi connectivity index (χ4n) is 1.27. The lowest BCUT2D eigenvalue weighted by Gasteiger charge is -2.07. The molecule has 2 rings (SSSR count). The third-order valence-corrected chi connectivity index (χ3v) is 2.12. The Morgan fingerprint density at radius 2 is 2.38 bits per heavy atom. The predicted molar refractivity (Wildman–Crippen MR) is 55.7 cm³/mol. The van der Waals surface area contributed by atoms with Crippen molar-refractivity contribution in [1.82, 2.24) is 10.1 Å². The Kier molecular flexibility index (Phi) is 3.16. The Morgan fingerprint density at radius 3 is 3.06 bits per heavy atom. The van der Waals surface area contributed by atoms with E-state index in [1.54, 1.807) is 13.0 Å². The van der Waals surface area contributed by atoms with Crippen LogP contribution in [-0.4, -0.2) is 15.2 Å². The molecule has 0 saturated carbocycles. The lowest BCUT2D eigenvalue weighted by molar-refractivity contribution is 0.198. The molecule has 0 saturated heterocycles. The molecule has 0 unspecified atom stereocenters. The minimum absolute atomic E-state index is 0.250. The van der Waals surface area contributed by atoms with Crippen LogP contribution in [0, 0.1) is 0 Å². The number of aliphatic hydroxyl groups is 1. The molecule has 1 aromatic carbocycles.